The highest BCUT2D eigenvalue weighted by atomic mass is 79.9. The lowest BCUT2D eigenvalue weighted by atomic mass is 10.2. The summed E-state index contributed by atoms with van der Waals surface area (Å²) in [6, 6.07) is 5.70. The zero-order valence-corrected chi connectivity index (χ0v) is 13.1. The van der Waals surface area contributed by atoms with Crippen LogP contribution < -0.4 is 0 Å². The van der Waals surface area contributed by atoms with E-state index in [0.717, 1.165) is 10.0 Å². The van der Waals surface area contributed by atoms with Crippen molar-refractivity contribution in [2.75, 3.05) is 6.61 Å². The van der Waals surface area contributed by atoms with Gasteiger partial charge in [0.2, 0.25) is 0 Å². The van der Waals surface area contributed by atoms with Crippen molar-refractivity contribution < 1.29 is 9.53 Å². The van der Waals surface area contributed by atoms with Gasteiger partial charge in [0.25, 0.3) is 0 Å². The molecule has 20 heavy (non-hydrogen) atoms. The number of carbonyl (C=O) groups is 1. The maximum absolute atomic E-state index is 12.3. The molecule has 0 spiro atoms. The molecule has 3 rings (SSSR count). The quantitative estimate of drug-likeness (QED) is 0.670. The molecule has 0 fully saturated rings. The number of fused-ring (bicyclic) bond motifs is 1. The molecule has 0 aromatic carbocycles. The summed E-state index contributed by atoms with van der Waals surface area (Å²) in [7, 11) is 0. The maximum Gasteiger partial charge on any atom is 0.357 e. The van der Waals surface area contributed by atoms with E-state index in [0.29, 0.717) is 23.6 Å². The number of esters is 1. The average Bonchev–Trinajstić information content (AvgIpc) is 3.06. The highest BCUT2D eigenvalue weighted by molar-refractivity contribution is 9.10. The van der Waals surface area contributed by atoms with Crippen molar-refractivity contribution in [2.45, 2.75) is 6.92 Å². The molecule has 0 aliphatic rings. The van der Waals surface area contributed by atoms with Crippen LogP contribution in [-0.2, 0) is 4.74 Å². The summed E-state index contributed by atoms with van der Waals surface area (Å²) >= 11 is 5.03. The summed E-state index contributed by atoms with van der Waals surface area (Å²) < 4.78 is 7.76. The van der Waals surface area contributed by atoms with Crippen LogP contribution in [0.3, 0.4) is 0 Å². The van der Waals surface area contributed by atoms with Crippen LogP contribution >= 0.6 is 27.3 Å². The molecule has 0 aliphatic heterocycles. The van der Waals surface area contributed by atoms with E-state index in [1.807, 2.05) is 35.2 Å². The molecule has 0 unspecified atom stereocenters. The van der Waals surface area contributed by atoms with Crippen LogP contribution in [0.2, 0.25) is 0 Å². The van der Waals surface area contributed by atoms with Crippen LogP contribution in [0, 0.1) is 0 Å². The zero-order chi connectivity index (χ0) is 14.1. The van der Waals surface area contributed by atoms with Gasteiger partial charge in [-0.2, -0.15) is 11.3 Å². The third-order valence-corrected chi connectivity index (χ3v) is 4.17. The minimum Gasteiger partial charge on any atom is -0.461 e. The van der Waals surface area contributed by atoms with Crippen molar-refractivity contribution in [1.82, 2.24) is 9.38 Å². The lowest BCUT2D eigenvalue weighted by Crippen LogP contribution is -2.09. The molecule has 0 radical (unpaired) electrons. The molecule has 102 valence electrons. The van der Waals surface area contributed by atoms with E-state index in [2.05, 4.69) is 20.9 Å². The van der Waals surface area contributed by atoms with Crippen molar-refractivity contribution in [2.24, 2.45) is 0 Å². The van der Waals surface area contributed by atoms with Gasteiger partial charge in [-0.1, -0.05) is 0 Å². The molecule has 0 saturated heterocycles. The van der Waals surface area contributed by atoms with Crippen molar-refractivity contribution in [3.05, 3.63) is 45.3 Å². The number of thiophene rings is 1. The molecule has 0 saturated carbocycles. The molecule has 3 heterocycles. The van der Waals surface area contributed by atoms with Crippen molar-refractivity contribution >= 4 is 38.9 Å². The van der Waals surface area contributed by atoms with Gasteiger partial charge in [0.1, 0.15) is 5.69 Å². The Morgan fingerprint density at radius 1 is 1.50 bits per heavy atom. The molecule has 0 N–H and O–H groups in total. The molecular formula is C14H11BrN2O2S. The van der Waals surface area contributed by atoms with E-state index in [9.17, 15) is 4.79 Å². The minimum absolute atomic E-state index is 0.336. The van der Waals surface area contributed by atoms with E-state index < -0.39 is 0 Å². The number of hydrogen-bond acceptors (Lipinski definition) is 4. The van der Waals surface area contributed by atoms with E-state index in [1.165, 1.54) is 0 Å². The number of imidazole rings is 1. The topological polar surface area (TPSA) is 43.6 Å². The second kappa shape index (κ2) is 5.38. The summed E-state index contributed by atoms with van der Waals surface area (Å²) in [5.41, 5.74) is 2.74. The van der Waals surface area contributed by atoms with Crippen LogP contribution in [0.4, 0.5) is 0 Å². The highest BCUT2D eigenvalue weighted by Gasteiger charge is 2.22. The summed E-state index contributed by atoms with van der Waals surface area (Å²) in [5.74, 6) is -0.362. The van der Waals surface area contributed by atoms with E-state index >= 15 is 0 Å². The normalized spacial score (nSPS) is 10.9. The van der Waals surface area contributed by atoms with Crippen LogP contribution in [-0.4, -0.2) is 22.0 Å². The van der Waals surface area contributed by atoms with Crippen molar-refractivity contribution in [1.29, 1.82) is 0 Å². The van der Waals surface area contributed by atoms with Gasteiger partial charge in [-0.3, -0.25) is 4.40 Å². The highest BCUT2D eigenvalue weighted by Crippen LogP contribution is 2.29. The Morgan fingerprint density at radius 3 is 3.05 bits per heavy atom. The minimum atomic E-state index is -0.362. The Labute approximate surface area is 128 Å². The zero-order valence-electron chi connectivity index (χ0n) is 10.7. The number of aromatic nitrogens is 2. The Bertz CT molecular complexity index is 765. The van der Waals surface area contributed by atoms with Gasteiger partial charge < -0.3 is 4.74 Å². The number of carbonyl (C=O) groups excluding carboxylic acids is 1. The first-order valence-electron chi connectivity index (χ1n) is 6.08. The fraction of sp³-hybridized carbons (Fsp3) is 0.143. The molecule has 6 heteroatoms. The third-order valence-electron chi connectivity index (χ3n) is 2.87. The predicted molar refractivity (Wildman–Crippen MR) is 82.2 cm³/mol. The van der Waals surface area contributed by atoms with Crippen molar-refractivity contribution in [3.63, 3.8) is 0 Å². The molecule has 4 nitrogen and oxygen atoms in total. The van der Waals surface area contributed by atoms with Crippen LogP contribution in [0.25, 0.3) is 16.9 Å². The van der Waals surface area contributed by atoms with Gasteiger partial charge in [0.05, 0.1) is 11.1 Å². The van der Waals surface area contributed by atoms with Crippen LogP contribution in [0.15, 0.2) is 39.6 Å². The van der Waals surface area contributed by atoms with Crippen LogP contribution in [0.1, 0.15) is 17.4 Å². The lowest BCUT2D eigenvalue weighted by molar-refractivity contribution is 0.0519. The number of rotatable bonds is 3. The van der Waals surface area contributed by atoms with E-state index in [4.69, 9.17) is 4.74 Å². The Kier molecular flexibility index (Phi) is 3.58. The lowest BCUT2D eigenvalue weighted by Gasteiger charge is -2.04. The number of halogens is 1. The fourth-order valence-electron chi connectivity index (χ4n) is 2.03. The monoisotopic (exact) mass is 350 g/mol. The molecule has 0 atom stereocenters. The predicted octanol–water partition coefficient (Wildman–Crippen LogP) is 4.00. The van der Waals surface area contributed by atoms with E-state index in [-0.39, 0.29) is 5.97 Å². The Morgan fingerprint density at radius 2 is 2.35 bits per heavy atom. The molecule has 0 amide bonds. The molecule has 0 bridgehead atoms. The molecular weight excluding hydrogens is 340 g/mol. The Hall–Kier alpha value is -1.66. The Balaban J connectivity index is 2.30. The van der Waals surface area contributed by atoms with Gasteiger partial charge >= 0.3 is 5.97 Å². The fourth-order valence-corrected chi connectivity index (χ4v) is 3.10. The number of hydrogen-bond donors (Lipinski definition) is 0. The van der Waals surface area contributed by atoms with E-state index in [1.54, 1.807) is 22.7 Å². The number of nitrogens with zero attached hydrogens (tertiary/aromatic N) is 2. The first kappa shape index (κ1) is 13.3. The third kappa shape index (κ3) is 2.14. The van der Waals surface area contributed by atoms with Gasteiger partial charge in [-0.15, -0.1) is 0 Å². The first-order chi connectivity index (χ1) is 9.72. The largest absolute Gasteiger partial charge is 0.461 e. The summed E-state index contributed by atoms with van der Waals surface area (Å²) in [5, 5.41) is 3.93. The first-order valence-corrected chi connectivity index (χ1v) is 7.82. The molecule has 3 aromatic rings. The summed E-state index contributed by atoms with van der Waals surface area (Å²) in [6.07, 6.45) is 1.81. The van der Waals surface area contributed by atoms with Gasteiger partial charge in [-0.25, -0.2) is 9.78 Å². The van der Waals surface area contributed by atoms with Gasteiger partial charge in [0, 0.05) is 17.1 Å². The van der Waals surface area contributed by atoms with Crippen LogP contribution in [0.5, 0.6) is 0 Å². The SMILES string of the molecule is CCOC(=O)c1c(-c2ccsc2)nc2c(Br)cccn12. The van der Waals surface area contributed by atoms with Gasteiger partial charge in [-0.05, 0) is 46.4 Å². The smallest absolute Gasteiger partial charge is 0.357 e. The van der Waals surface area contributed by atoms with Crippen molar-refractivity contribution in [3.8, 4) is 11.3 Å². The maximum atomic E-state index is 12.3. The average molecular weight is 351 g/mol. The standard InChI is InChI=1S/C14H11BrN2O2S/c1-2-19-14(18)12-11(9-5-7-20-8-9)16-13-10(15)4-3-6-17(12)13/h3-8H,2H2,1H3. The second-order valence-electron chi connectivity index (χ2n) is 4.09. The molecule has 0 aliphatic carbocycles. The van der Waals surface area contributed by atoms with Gasteiger partial charge in [0.15, 0.2) is 11.3 Å². The number of pyridine rings is 1. The second-order valence-corrected chi connectivity index (χ2v) is 5.73. The molecule has 3 aromatic heterocycles. The summed E-state index contributed by atoms with van der Waals surface area (Å²) in [4.78, 5) is 16.8. The summed E-state index contributed by atoms with van der Waals surface area (Å²) in [6.45, 7) is 2.13. The number of ether oxygens (including phenoxy) is 1.